The van der Waals surface area contributed by atoms with E-state index < -0.39 is 17.6 Å². The Labute approximate surface area is 376 Å². The number of unbranched alkanes of at least 4 members (excludes halogenated alkanes) is 10. The van der Waals surface area contributed by atoms with E-state index in [1.165, 1.54) is 166 Å². The lowest BCUT2D eigenvalue weighted by atomic mass is 9.67. The van der Waals surface area contributed by atoms with E-state index in [9.17, 15) is 4.79 Å². The summed E-state index contributed by atoms with van der Waals surface area (Å²) in [6.45, 7) is 6.21. The molecule has 0 heterocycles. The van der Waals surface area contributed by atoms with Crippen LogP contribution in [0.15, 0.2) is 36.4 Å². The molecule has 0 spiro atoms. The molecule has 4 fully saturated rings. The molecule has 1 nitrogen and oxygen atoms in total. The Balaban J connectivity index is 1.02. The van der Waals surface area contributed by atoms with Gasteiger partial charge < -0.3 is 0 Å². The highest BCUT2D eigenvalue weighted by atomic mass is 19.3. The topological polar surface area (TPSA) is 17.1 Å². The number of rotatable bonds is 22. The van der Waals surface area contributed by atoms with Crippen LogP contribution >= 0.6 is 0 Å². The number of carbonyl (C=O) groups is 1. The smallest absolute Gasteiger partial charge is 0.271 e. The maximum Gasteiger partial charge on any atom is 0.271 e. The summed E-state index contributed by atoms with van der Waals surface area (Å²) < 4.78 is 61.8. The molecule has 4 saturated carbocycles. The molecule has 0 N–H and O–H groups in total. The third-order valence-corrected chi connectivity index (χ3v) is 17.1. The number of ketones is 1. The lowest BCUT2D eigenvalue weighted by Crippen LogP contribution is -2.26. The molecule has 0 aromatic heterocycles. The molecular weight excluding hydrogens is 777 g/mol. The van der Waals surface area contributed by atoms with Crippen LogP contribution < -0.4 is 0 Å². The highest BCUT2D eigenvalue weighted by molar-refractivity contribution is 6.11. The maximum absolute atomic E-state index is 15.4. The average Bonchev–Trinajstić information content (AvgIpc) is 3.28. The van der Waals surface area contributed by atoms with Crippen LogP contribution in [0.1, 0.15) is 270 Å². The number of hydrogen-bond donors (Lipinski definition) is 0. The molecule has 348 valence electrons. The van der Waals surface area contributed by atoms with E-state index in [1.807, 2.05) is 12.1 Å². The van der Waals surface area contributed by atoms with Crippen molar-refractivity contribution >= 4 is 5.78 Å². The summed E-state index contributed by atoms with van der Waals surface area (Å²) in [7, 11) is 0. The summed E-state index contributed by atoms with van der Waals surface area (Å²) in [5.41, 5.74) is 0.714. The molecule has 2 aromatic rings. The van der Waals surface area contributed by atoms with E-state index in [1.54, 1.807) is 0 Å². The molecule has 0 radical (unpaired) electrons. The van der Waals surface area contributed by atoms with Gasteiger partial charge in [-0.3, -0.25) is 4.79 Å². The Morgan fingerprint density at radius 1 is 0.452 bits per heavy atom. The zero-order valence-corrected chi connectivity index (χ0v) is 39.7. The van der Waals surface area contributed by atoms with Gasteiger partial charge in [-0.15, -0.1) is 0 Å². The molecular formula is C57H86F4O. The van der Waals surface area contributed by atoms with Crippen LogP contribution in [0.2, 0.25) is 0 Å². The quantitative estimate of drug-likeness (QED) is 0.0655. The van der Waals surface area contributed by atoms with Gasteiger partial charge in [0.2, 0.25) is 0 Å². The van der Waals surface area contributed by atoms with E-state index in [0.717, 1.165) is 100 Å². The number of halogens is 4. The zero-order valence-electron chi connectivity index (χ0n) is 39.7. The highest BCUT2D eigenvalue weighted by Gasteiger charge is 2.38. The van der Waals surface area contributed by atoms with Crippen molar-refractivity contribution in [3.8, 4) is 0 Å². The first-order chi connectivity index (χ1) is 29.9. The van der Waals surface area contributed by atoms with Crippen molar-refractivity contribution in [1.29, 1.82) is 0 Å². The Kier molecular flexibility index (Phi) is 19.0. The number of carbonyl (C=O) groups excluding carboxylic acids is 1. The molecule has 62 heavy (non-hydrogen) atoms. The second-order valence-corrected chi connectivity index (χ2v) is 21.6. The standard InChI is InChI=1S/C57H86F4O/c1-5-7-9-11-13-15-17-41-19-23-43(24-20-41)45-27-31-47(32-28-45)49-35-37-51(53(39-49)56(3,58)59)55(62)52-38-36-50(40-54(52)57(4,60)61)48-33-29-46(30-34-48)44-25-21-42(22-26-44)18-16-14-12-10-8-6-2/h35-48H,5-34H2,1-4H3. The number of benzene rings is 2. The average molecular weight is 863 g/mol. The van der Waals surface area contributed by atoms with E-state index in [-0.39, 0.29) is 34.1 Å². The summed E-state index contributed by atoms with van der Waals surface area (Å²) in [5, 5.41) is 0. The fourth-order valence-electron chi connectivity index (χ4n) is 13.1. The highest BCUT2D eigenvalue weighted by Crippen LogP contribution is 2.48. The van der Waals surface area contributed by atoms with Crippen LogP contribution in [-0.4, -0.2) is 5.78 Å². The monoisotopic (exact) mass is 863 g/mol. The van der Waals surface area contributed by atoms with Crippen LogP contribution in [0, 0.1) is 35.5 Å². The van der Waals surface area contributed by atoms with E-state index in [4.69, 9.17) is 0 Å². The summed E-state index contributed by atoms with van der Waals surface area (Å²) >= 11 is 0. The van der Waals surface area contributed by atoms with Crippen molar-refractivity contribution in [3.05, 3.63) is 69.8 Å². The molecule has 4 aliphatic carbocycles. The van der Waals surface area contributed by atoms with Crippen molar-refractivity contribution in [3.63, 3.8) is 0 Å². The van der Waals surface area contributed by atoms with Gasteiger partial charge in [0.15, 0.2) is 5.78 Å². The number of hydrogen-bond acceptors (Lipinski definition) is 1. The van der Waals surface area contributed by atoms with Crippen molar-refractivity contribution in [2.24, 2.45) is 35.5 Å². The number of alkyl halides is 4. The first-order valence-corrected chi connectivity index (χ1v) is 26.4. The normalized spacial score (nSPS) is 27.6. The van der Waals surface area contributed by atoms with Crippen LogP contribution in [0.25, 0.3) is 0 Å². The molecule has 0 aliphatic heterocycles. The minimum absolute atomic E-state index is 0.159. The van der Waals surface area contributed by atoms with Crippen LogP contribution in [0.3, 0.4) is 0 Å². The molecule has 0 amide bonds. The van der Waals surface area contributed by atoms with Crippen molar-refractivity contribution < 1.29 is 22.4 Å². The van der Waals surface area contributed by atoms with Gasteiger partial charge in [-0.2, -0.15) is 0 Å². The fraction of sp³-hybridized carbons (Fsp3) is 0.772. The van der Waals surface area contributed by atoms with Crippen molar-refractivity contribution in [2.75, 3.05) is 0 Å². The largest absolute Gasteiger partial charge is 0.289 e. The minimum Gasteiger partial charge on any atom is -0.289 e. The van der Waals surface area contributed by atoms with Gasteiger partial charge in [0, 0.05) is 36.1 Å². The van der Waals surface area contributed by atoms with E-state index in [0.29, 0.717) is 11.8 Å². The summed E-state index contributed by atoms with van der Waals surface area (Å²) in [4.78, 5) is 14.2. The fourth-order valence-corrected chi connectivity index (χ4v) is 13.1. The van der Waals surface area contributed by atoms with E-state index >= 15 is 17.6 Å². The van der Waals surface area contributed by atoms with Gasteiger partial charge in [0.25, 0.3) is 11.8 Å². The summed E-state index contributed by atoms with van der Waals surface area (Å²) in [5.74, 6) is -2.16. The van der Waals surface area contributed by atoms with Crippen LogP contribution in [-0.2, 0) is 11.8 Å². The third kappa shape index (κ3) is 13.9. The lowest BCUT2D eigenvalue weighted by molar-refractivity contribution is 0.0158. The summed E-state index contributed by atoms with van der Waals surface area (Å²) in [6.07, 6.45) is 38.3. The molecule has 0 bridgehead atoms. The Morgan fingerprint density at radius 2 is 0.758 bits per heavy atom. The first-order valence-electron chi connectivity index (χ1n) is 26.4. The predicted molar refractivity (Wildman–Crippen MR) is 252 cm³/mol. The van der Waals surface area contributed by atoms with Crippen molar-refractivity contribution in [2.45, 2.75) is 244 Å². The molecule has 2 aromatic carbocycles. The van der Waals surface area contributed by atoms with Gasteiger partial charge in [-0.25, -0.2) is 17.6 Å². The third-order valence-electron chi connectivity index (χ3n) is 17.1. The Bertz CT molecular complexity index is 1500. The van der Waals surface area contributed by atoms with Gasteiger partial charge in [0.05, 0.1) is 0 Å². The van der Waals surface area contributed by atoms with Crippen LogP contribution in [0.4, 0.5) is 17.6 Å². The lowest BCUT2D eigenvalue weighted by Gasteiger charge is -2.38. The maximum atomic E-state index is 15.4. The van der Waals surface area contributed by atoms with Gasteiger partial charge >= 0.3 is 0 Å². The Hall–Kier alpha value is -2.17. The predicted octanol–water partition coefficient (Wildman–Crippen LogP) is 18.8. The second kappa shape index (κ2) is 23.8. The van der Waals surface area contributed by atoms with Crippen molar-refractivity contribution in [1.82, 2.24) is 0 Å². The molecule has 5 heteroatoms. The van der Waals surface area contributed by atoms with Gasteiger partial charge in [-0.1, -0.05) is 154 Å². The van der Waals surface area contributed by atoms with Gasteiger partial charge in [0.1, 0.15) is 0 Å². The molecule has 6 rings (SSSR count). The molecule has 0 atom stereocenters. The molecule has 0 saturated heterocycles. The van der Waals surface area contributed by atoms with Crippen LogP contribution in [0.5, 0.6) is 0 Å². The molecule has 0 unspecified atom stereocenters. The zero-order chi connectivity index (χ0) is 44.1. The summed E-state index contributed by atoms with van der Waals surface area (Å²) in [6, 6.07) is 9.75. The van der Waals surface area contributed by atoms with Gasteiger partial charge in [-0.05, 0) is 148 Å². The SMILES string of the molecule is CCCCCCCCC1CCC(C2CCC(c3ccc(C(=O)c4ccc(C5CCC(C6CCC(CCCCCCCC)CC6)CC5)cc4C(C)(F)F)c(C(C)(F)F)c3)CC2)CC1. The first kappa shape index (κ1) is 49.3. The van der Waals surface area contributed by atoms with E-state index in [2.05, 4.69) is 13.8 Å². The Morgan fingerprint density at radius 3 is 1.08 bits per heavy atom. The minimum atomic E-state index is -3.28. The second-order valence-electron chi connectivity index (χ2n) is 21.6. The molecule has 4 aliphatic rings.